The van der Waals surface area contributed by atoms with Crippen LogP contribution in [0.4, 0.5) is 0 Å². The third-order valence-corrected chi connectivity index (χ3v) is 4.18. The van der Waals surface area contributed by atoms with E-state index in [2.05, 4.69) is 32.1 Å². The maximum Gasteiger partial charge on any atom is 0.267 e. The summed E-state index contributed by atoms with van der Waals surface area (Å²) >= 11 is 5.30. The van der Waals surface area contributed by atoms with Gasteiger partial charge in [0, 0.05) is 23.3 Å². The topological polar surface area (TPSA) is 34.0 Å². The minimum absolute atomic E-state index is 0.0525. The van der Waals surface area contributed by atoms with Crippen LogP contribution in [0, 0.1) is 0 Å². The lowest BCUT2D eigenvalue weighted by molar-refractivity contribution is 0.0943. The lowest BCUT2D eigenvalue weighted by Gasteiger charge is -2.08. The van der Waals surface area contributed by atoms with Gasteiger partial charge in [-0.1, -0.05) is 0 Å². The van der Waals surface area contributed by atoms with Crippen molar-refractivity contribution in [2.45, 2.75) is 31.7 Å². The molecular weight excluding hydrogens is 312 g/mol. The Kier molecular flexibility index (Phi) is 5.18. The van der Waals surface area contributed by atoms with Gasteiger partial charge in [0.2, 0.25) is 0 Å². The van der Waals surface area contributed by atoms with Crippen LogP contribution in [0.15, 0.2) is 16.7 Å². The van der Waals surface area contributed by atoms with Crippen LogP contribution in [-0.2, 0) is 0 Å². The standard InChI is InChI=1S/C13H19BrN2OS/c1-18-7-3-2-6-15-13(17)12-8-10(14)9-16(12)11-4-5-11/h8-9,11H,2-7H2,1H3,(H,15,17). The second-order valence-electron chi connectivity index (χ2n) is 4.64. The van der Waals surface area contributed by atoms with E-state index in [1.165, 1.54) is 18.6 Å². The number of nitrogens with one attached hydrogen (secondary N) is 1. The summed E-state index contributed by atoms with van der Waals surface area (Å²) in [6.45, 7) is 0.771. The Morgan fingerprint density at radius 2 is 2.33 bits per heavy atom. The molecule has 0 aliphatic heterocycles. The van der Waals surface area contributed by atoms with Crippen molar-refractivity contribution in [1.82, 2.24) is 9.88 Å². The lowest BCUT2D eigenvalue weighted by Crippen LogP contribution is -2.26. The Bertz CT molecular complexity index is 415. The number of thioether (sulfide) groups is 1. The predicted molar refractivity (Wildman–Crippen MR) is 80.4 cm³/mol. The molecule has 0 radical (unpaired) electrons. The third-order valence-electron chi connectivity index (χ3n) is 3.05. The minimum Gasteiger partial charge on any atom is -0.351 e. The Morgan fingerprint density at radius 1 is 1.56 bits per heavy atom. The van der Waals surface area contributed by atoms with Gasteiger partial charge in [-0.2, -0.15) is 11.8 Å². The molecule has 1 aromatic rings. The minimum atomic E-state index is 0.0525. The summed E-state index contributed by atoms with van der Waals surface area (Å²) in [7, 11) is 0. The highest BCUT2D eigenvalue weighted by molar-refractivity contribution is 9.10. The molecule has 1 fully saturated rings. The number of amides is 1. The molecule has 1 aliphatic carbocycles. The van der Waals surface area contributed by atoms with E-state index in [9.17, 15) is 4.79 Å². The summed E-state index contributed by atoms with van der Waals surface area (Å²) < 4.78 is 3.09. The first-order chi connectivity index (χ1) is 8.72. The zero-order valence-electron chi connectivity index (χ0n) is 10.6. The number of halogens is 1. The molecule has 18 heavy (non-hydrogen) atoms. The lowest BCUT2D eigenvalue weighted by atomic mass is 10.3. The smallest absolute Gasteiger partial charge is 0.267 e. The van der Waals surface area contributed by atoms with E-state index < -0.39 is 0 Å². The largest absolute Gasteiger partial charge is 0.351 e. The average molecular weight is 331 g/mol. The van der Waals surface area contributed by atoms with E-state index in [-0.39, 0.29) is 5.91 Å². The monoisotopic (exact) mass is 330 g/mol. The van der Waals surface area contributed by atoms with Crippen molar-refractivity contribution in [2.24, 2.45) is 0 Å². The van der Waals surface area contributed by atoms with Gasteiger partial charge in [-0.25, -0.2) is 0 Å². The van der Waals surface area contributed by atoms with Crippen molar-refractivity contribution in [3.8, 4) is 0 Å². The molecule has 1 aromatic heterocycles. The first-order valence-electron chi connectivity index (χ1n) is 6.37. The average Bonchev–Trinajstić information content (AvgIpc) is 3.12. The molecule has 1 N–H and O–H groups in total. The van der Waals surface area contributed by atoms with Crippen LogP contribution < -0.4 is 5.32 Å². The Morgan fingerprint density at radius 3 is 3.00 bits per heavy atom. The van der Waals surface area contributed by atoms with Crippen molar-refractivity contribution >= 4 is 33.6 Å². The van der Waals surface area contributed by atoms with Gasteiger partial charge in [0.15, 0.2) is 0 Å². The van der Waals surface area contributed by atoms with Gasteiger partial charge in [-0.15, -0.1) is 0 Å². The summed E-state index contributed by atoms with van der Waals surface area (Å²) in [6, 6.07) is 2.45. The molecule has 0 atom stereocenters. The van der Waals surface area contributed by atoms with Gasteiger partial charge in [-0.3, -0.25) is 4.79 Å². The maximum atomic E-state index is 12.1. The van der Waals surface area contributed by atoms with E-state index >= 15 is 0 Å². The first kappa shape index (κ1) is 14.0. The van der Waals surface area contributed by atoms with Crippen LogP contribution in [-0.4, -0.2) is 29.0 Å². The number of nitrogens with zero attached hydrogens (tertiary/aromatic N) is 1. The SMILES string of the molecule is CSCCCCNC(=O)c1cc(Br)cn1C1CC1. The fourth-order valence-corrected chi connectivity index (χ4v) is 2.88. The van der Waals surface area contributed by atoms with E-state index in [1.54, 1.807) is 0 Å². The van der Waals surface area contributed by atoms with Crippen molar-refractivity contribution in [3.63, 3.8) is 0 Å². The molecule has 0 saturated heterocycles. The van der Waals surface area contributed by atoms with Crippen LogP contribution in [0.25, 0.3) is 0 Å². The second-order valence-corrected chi connectivity index (χ2v) is 6.54. The highest BCUT2D eigenvalue weighted by atomic mass is 79.9. The van der Waals surface area contributed by atoms with E-state index in [4.69, 9.17) is 0 Å². The fraction of sp³-hybridized carbons (Fsp3) is 0.615. The summed E-state index contributed by atoms with van der Waals surface area (Å²) in [6.07, 6.45) is 8.72. The summed E-state index contributed by atoms with van der Waals surface area (Å²) in [5.41, 5.74) is 0.786. The zero-order chi connectivity index (χ0) is 13.0. The van der Waals surface area contributed by atoms with Crippen LogP contribution in [0.3, 0.4) is 0 Å². The molecule has 0 unspecified atom stereocenters. The molecule has 0 bridgehead atoms. The molecule has 2 rings (SSSR count). The van der Waals surface area contributed by atoms with Crippen LogP contribution in [0.2, 0.25) is 0 Å². The first-order valence-corrected chi connectivity index (χ1v) is 8.55. The highest BCUT2D eigenvalue weighted by Crippen LogP contribution is 2.37. The normalized spacial score (nSPS) is 14.8. The quantitative estimate of drug-likeness (QED) is 0.777. The Hall–Kier alpha value is -0.420. The fourth-order valence-electron chi connectivity index (χ4n) is 1.95. The molecule has 0 aromatic carbocycles. The number of carbonyl (C=O) groups is 1. The Labute approximate surface area is 121 Å². The summed E-state index contributed by atoms with van der Waals surface area (Å²) in [4.78, 5) is 12.1. The predicted octanol–water partition coefficient (Wildman–Crippen LogP) is 3.46. The molecule has 1 heterocycles. The molecular formula is C13H19BrN2OS. The van der Waals surface area contributed by atoms with Crippen LogP contribution in [0.1, 0.15) is 42.2 Å². The van der Waals surface area contributed by atoms with Crippen molar-refractivity contribution in [2.75, 3.05) is 18.6 Å². The number of unbranched alkanes of at least 4 members (excludes halogenated alkanes) is 1. The maximum absolute atomic E-state index is 12.1. The molecule has 0 spiro atoms. The van der Waals surface area contributed by atoms with Gasteiger partial charge in [0.1, 0.15) is 5.69 Å². The number of hydrogen-bond donors (Lipinski definition) is 1. The van der Waals surface area contributed by atoms with Gasteiger partial charge >= 0.3 is 0 Å². The third kappa shape index (κ3) is 3.79. The van der Waals surface area contributed by atoms with Crippen LogP contribution >= 0.6 is 27.7 Å². The van der Waals surface area contributed by atoms with Gasteiger partial charge in [0.25, 0.3) is 5.91 Å². The van der Waals surface area contributed by atoms with Crippen LogP contribution in [0.5, 0.6) is 0 Å². The zero-order valence-corrected chi connectivity index (χ0v) is 13.0. The molecule has 100 valence electrons. The molecule has 3 nitrogen and oxygen atoms in total. The van der Waals surface area contributed by atoms with E-state index in [0.717, 1.165) is 29.6 Å². The molecule has 1 saturated carbocycles. The number of hydrogen-bond acceptors (Lipinski definition) is 2. The van der Waals surface area contributed by atoms with Crippen molar-refractivity contribution in [1.29, 1.82) is 0 Å². The highest BCUT2D eigenvalue weighted by Gasteiger charge is 2.27. The molecule has 1 aliphatic rings. The number of aromatic nitrogens is 1. The van der Waals surface area contributed by atoms with Crippen molar-refractivity contribution in [3.05, 3.63) is 22.4 Å². The van der Waals surface area contributed by atoms with Gasteiger partial charge < -0.3 is 9.88 Å². The van der Waals surface area contributed by atoms with E-state index in [1.807, 2.05) is 24.0 Å². The number of rotatable bonds is 7. The van der Waals surface area contributed by atoms with Gasteiger partial charge in [-0.05, 0) is 59.7 Å². The van der Waals surface area contributed by atoms with Gasteiger partial charge in [0.05, 0.1) is 0 Å². The van der Waals surface area contributed by atoms with Crippen molar-refractivity contribution < 1.29 is 4.79 Å². The molecule has 1 amide bonds. The summed E-state index contributed by atoms with van der Waals surface area (Å²) in [5.74, 6) is 1.22. The molecule has 5 heteroatoms. The van der Waals surface area contributed by atoms with E-state index in [0.29, 0.717) is 6.04 Å². The second kappa shape index (κ2) is 6.66. The Balaban J connectivity index is 1.84. The summed E-state index contributed by atoms with van der Waals surface area (Å²) in [5, 5.41) is 3.00. The number of carbonyl (C=O) groups excluding carboxylic acids is 1.